The first-order chi connectivity index (χ1) is 14.5. The number of thiophene rings is 1. The first kappa shape index (κ1) is 22.7. The van der Waals surface area contributed by atoms with Crippen molar-refractivity contribution in [1.82, 2.24) is 15.5 Å². The van der Waals surface area contributed by atoms with Crippen LogP contribution in [0.5, 0.6) is 0 Å². The highest BCUT2D eigenvalue weighted by atomic mass is 32.1. The normalized spacial score (nSPS) is 18.6. The Labute approximate surface area is 181 Å². The Bertz CT molecular complexity index is 790. The third-order valence-corrected chi connectivity index (χ3v) is 6.27. The van der Waals surface area contributed by atoms with Gasteiger partial charge < -0.3 is 20.5 Å². The third kappa shape index (κ3) is 6.25. The summed E-state index contributed by atoms with van der Waals surface area (Å²) in [4.78, 5) is 7.84. The summed E-state index contributed by atoms with van der Waals surface area (Å²) >= 11 is 1.52. The number of morpholine rings is 1. The average Bonchev–Trinajstić information content (AvgIpc) is 3.30. The summed E-state index contributed by atoms with van der Waals surface area (Å²) < 4.78 is 18.9. The molecule has 0 saturated carbocycles. The van der Waals surface area contributed by atoms with Crippen molar-refractivity contribution < 1.29 is 14.2 Å². The number of hydrogen-bond donors (Lipinski definition) is 3. The number of benzene rings is 1. The fourth-order valence-electron chi connectivity index (χ4n) is 3.46. The molecule has 0 amide bonds. The van der Waals surface area contributed by atoms with E-state index in [-0.39, 0.29) is 18.4 Å². The van der Waals surface area contributed by atoms with Crippen LogP contribution in [0.4, 0.5) is 4.39 Å². The van der Waals surface area contributed by atoms with Crippen molar-refractivity contribution >= 4 is 17.3 Å². The van der Waals surface area contributed by atoms with Gasteiger partial charge in [0.2, 0.25) is 0 Å². The lowest BCUT2D eigenvalue weighted by atomic mass is 10.0. The molecule has 0 bridgehead atoms. The third-order valence-electron chi connectivity index (χ3n) is 5.15. The summed E-state index contributed by atoms with van der Waals surface area (Å²) in [5.74, 6) is 0.410. The average molecular weight is 435 g/mol. The Hall–Kier alpha value is -2.00. The predicted octanol–water partition coefficient (Wildman–Crippen LogP) is 2.72. The lowest BCUT2D eigenvalue weighted by Crippen LogP contribution is -2.46. The van der Waals surface area contributed by atoms with Crippen LogP contribution in [0.3, 0.4) is 0 Å². The lowest BCUT2D eigenvalue weighted by Gasteiger charge is -2.35. The van der Waals surface area contributed by atoms with Crippen LogP contribution in [0.1, 0.15) is 30.3 Å². The summed E-state index contributed by atoms with van der Waals surface area (Å²) in [5.41, 5.74) is 0.0316. The largest absolute Gasteiger partial charge is 0.383 e. The SMILES string of the molecule is CCNC(=NCC(C)(O)c1cccs1)NCC(c1ccc(F)cc1)N1CCOCC1. The monoisotopic (exact) mass is 434 g/mol. The molecule has 3 N–H and O–H groups in total. The van der Waals surface area contributed by atoms with Crippen LogP contribution in [-0.4, -0.2) is 61.9 Å². The van der Waals surface area contributed by atoms with Gasteiger partial charge in [0.1, 0.15) is 11.4 Å². The minimum absolute atomic E-state index is 0.0659. The maximum absolute atomic E-state index is 13.4. The molecule has 2 heterocycles. The van der Waals surface area contributed by atoms with Crippen LogP contribution < -0.4 is 10.6 Å². The van der Waals surface area contributed by atoms with Crippen molar-refractivity contribution in [2.45, 2.75) is 25.5 Å². The number of hydrogen-bond acceptors (Lipinski definition) is 5. The van der Waals surface area contributed by atoms with Gasteiger partial charge in [-0.15, -0.1) is 11.3 Å². The summed E-state index contributed by atoms with van der Waals surface area (Å²) in [5, 5.41) is 19.4. The Morgan fingerprint density at radius 3 is 2.63 bits per heavy atom. The maximum atomic E-state index is 13.4. The van der Waals surface area contributed by atoms with E-state index in [0.29, 0.717) is 32.3 Å². The molecule has 1 aromatic heterocycles. The molecule has 1 saturated heterocycles. The second kappa shape index (κ2) is 10.9. The predicted molar refractivity (Wildman–Crippen MR) is 119 cm³/mol. The van der Waals surface area contributed by atoms with E-state index >= 15 is 0 Å². The highest BCUT2D eigenvalue weighted by molar-refractivity contribution is 7.10. The summed E-state index contributed by atoms with van der Waals surface area (Å²) in [6, 6.07) is 10.6. The molecule has 0 radical (unpaired) electrons. The van der Waals surface area contributed by atoms with Gasteiger partial charge in [-0.05, 0) is 43.0 Å². The van der Waals surface area contributed by atoms with Gasteiger partial charge in [-0.3, -0.25) is 4.90 Å². The van der Waals surface area contributed by atoms with E-state index in [1.807, 2.05) is 36.6 Å². The highest BCUT2D eigenvalue weighted by Crippen LogP contribution is 2.25. The topological polar surface area (TPSA) is 69.1 Å². The molecule has 164 valence electrons. The first-order valence-electron chi connectivity index (χ1n) is 10.4. The van der Waals surface area contributed by atoms with Crippen molar-refractivity contribution in [3.05, 3.63) is 58.0 Å². The van der Waals surface area contributed by atoms with Crippen LogP contribution in [-0.2, 0) is 10.3 Å². The number of aliphatic hydroxyl groups is 1. The number of rotatable bonds is 8. The van der Waals surface area contributed by atoms with Gasteiger partial charge in [-0.25, -0.2) is 9.38 Å². The van der Waals surface area contributed by atoms with Crippen molar-refractivity contribution in [2.75, 3.05) is 45.9 Å². The minimum atomic E-state index is -1.02. The van der Waals surface area contributed by atoms with E-state index in [1.165, 1.54) is 23.5 Å². The van der Waals surface area contributed by atoms with E-state index in [2.05, 4.69) is 20.5 Å². The van der Waals surface area contributed by atoms with Gasteiger partial charge >= 0.3 is 0 Å². The minimum Gasteiger partial charge on any atom is -0.383 e. The van der Waals surface area contributed by atoms with E-state index in [1.54, 1.807) is 6.92 Å². The molecule has 8 heteroatoms. The van der Waals surface area contributed by atoms with Gasteiger partial charge in [0.05, 0.1) is 25.8 Å². The zero-order chi connectivity index (χ0) is 21.4. The first-order valence-corrected chi connectivity index (χ1v) is 11.2. The number of halogens is 1. The lowest BCUT2D eigenvalue weighted by molar-refractivity contribution is 0.0169. The molecule has 0 spiro atoms. The Morgan fingerprint density at radius 1 is 1.27 bits per heavy atom. The van der Waals surface area contributed by atoms with E-state index in [9.17, 15) is 9.50 Å². The van der Waals surface area contributed by atoms with E-state index in [4.69, 9.17) is 4.74 Å². The van der Waals surface area contributed by atoms with Crippen LogP contribution >= 0.6 is 11.3 Å². The number of ether oxygens (including phenoxy) is 1. The van der Waals surface area contributed by atoms with Crippen LogP contribution in [0.25, 0.3) is 0 Å². The molecule has 0 aliphatic carbocycles. The second-order valence-corrected chi connectivity index (χ2v) is 8.49. The fraction of sp³-hybridized carbons (Fsp3) is 0.500. The molecule has 3 rings (SSSR count). The van der Waals surface area contributed by atoms with Gasteiger partial charge in [-0.1, -0.05) is 18.2 Å². The molecule has 1 aromatic carbocycles. The Morgan fingerprint density at radius 2 is 2.00 bits per heavy atom. The van der Waals surface area contributed by atoms with Crippen molar-refractivity contribution in [3.8, 4) is 0 Å². The van der Waals surface area contributed by atoms with Crippen LogP contribution in [0, 0.1) is 5.82 Å². The van der Waals surface area contributed by atoms with Gasteiger partial charge in [0.15, 0.2) is 5.96 Å². The van der Waals surface area contributed by atoms with Crippen molar-refractivity contribution in [1.29, 1.82) is 0 Å². The molecule has 1 aliphatic rings. The standard InChI is InChI=1S/C22H31FN4O2S/c1-3-24-21(26-16-22(2,28)20-5-4-14-30-20)25-15-19(27-10-12-29-13-11-27)17-6-8-18(23)9-7-17/h4-9,14,19,28H,3,10-13,15-16H2,1-2H3,(H2,24,25,26). The molecule has 2 aromatic rings. The maximum Gasteiger partial charge on any atom is 0.191 e. The summed E-state index contributed by atoms with van der Waals surface area (Å²) in [6.07, 6.45) is 0. The second-order valence-electron chi connectivity index (χ2n) is 7.54. The smallest absolute Gasteiger partial charge is 0.191 e. The molecule has 6 nitrogen and oxygen atoms in total. The van der Waals surface area contributed by atoms with Gasteiger partial charge in [0.25, 0.3) is 0 Å². The highest BCUT2D eigenvalue weighted by Gasteiger charge is 2.25. The summed E-state index contributed by atoms with van der Waals surface area (Å²) in [6.45, 7) is 8.39. The van der Waals surface area contributed by atoms with E-state index in [0.717, 1.165) is 23.5 Å². The zero-order valence-electron chi connectivity index (χ0n) is 17.6. The fourth-order valence-corrected chi connectivity index (χ4v) is 4.24. The Kier molecular flexibility index (Phi) is 8.21. The Balaban J connectivity index is 1.71. The van der Waals surface area contributed by atoms with Crippen molar-refractivity contribution in [2.24, 2.45) is 4.99 Å². The molecular weight excluding hydrogens is 403 g/mol. The van der Waals surface area contributed by atoms with Crippen molar-refractivity contribution in [3.63, 3.8) is 0 Å². The van der Waals surface area contributed by atoms with Crippen LogP contribution in [0.15, 0.2) is 46.8 Å². The van der Waals surface area contributed by atoms with Gasteiger partial charge in [0, 0.05) is 31.1 Å². The van der Waals surface area contributed by atoms with E-state index < -0.39 is 5.60 Å². The molecular formula is C22H31FN4O2S. The van der Waals surface area contributed by atoms with Gasteiger partial charge in [-0.2, -0.15) is 0 Å². The number of nitrogens with zero attached hydrogens (tertiary/aromatic N) is 2. The molecule has 30 heavy (non-hydrogen) atoms. The molecule has 2 unspecified atom stereocenters. The molecule has 1 fully saturated rings. The number of nitrogens with one attached hydrogen (secondary N) is 2. The van der Waals surface area contributed by atoms with Crippen LogP contribution in [0.2, 0.25) is 0 Å². The quantitative estimate of drug-likeness (QED) is 0.440. The molecule has 1 aliphatic heterocycles. The number of guanidine groups is 1. The molecule has 2 atom stereocenters. The summed E-state index contributed by atoms with van der Waals surface area (Å²) in [7, 11) is 0. The number of aliphatic imine (C=N–C) groups is 1. The zero-order valence-corrected chi connectivity index (χ0v) is 18.4.